The van der Waals surface area contributed by atoms with Crippen LogP contribution in [-0.2, 0) is 0 Å². The molecule has 1 N–H and O–H groups in total. The highest BCUT2D eigenvalue weighted by atomic mass is 16.5. The number of hydrogen-bond donors (Lipinski definition) is 1. The lowest BCUT2D eigenvalue weighted by Gasteiger charge is -2.17. The lowest BCUT2D eigenvalue weighted by molar-refractivity contribution is 0.234. The number of aryl methyl sites for hydroxylation is 2. The SMILES string of the molecule is COc1ccc(O[C@H](C)CNc2cc(C)ccc2C)cc1. The third-order valence-electron chi connectivity index (χ3n) is 3.37. The van der Waals surface area contributed by atoms with Gasteiger partial charge in [-0.25, -0.2) is 0 Å². The molecule has 1 atom stereocenters. The van der Waals surface area contributed by atoms with Crippen LogP contribution in [0.5, 0.6) is 11.5 Å². The number of rotatable bonds is 6. The molecule has 0 saturated carbocycles. The standard InChI is InChI=1S/C18H23NO2/c1-13-5-6-14(2)18(11-13)19-12-15(3)21-17-9-7-16(20-4)8-10-17/h5-11,15,19H,12H2,1-4H3/t15-/m1/s1. The molecule has 0 aliphatic rings. The van der Waals surface area contributed by atoms with Crippen LogP contribution in [0.1, 0.15) is 18.1 Å². The van der Waals surface area contributed by atoms with Gasteiger partial charge in [0.1, 0.15) is 17.6 Å². The molecule has 0 heterocycles. The van der Waals surface area contributed by atoms with Gasteiger partial charge in [-0.3, -0.25) is 0 Å². The van der Waals surface area contributed by atoms with Crippen molar-refractivity contribution in [2.75, 3.05) is 19.0 Å². The smallest absolute Gasteiger partial charge is 0.120 e. The average molecular weight is 285 g/mol. The Labute approximate surface area is 126 Å². The highest BCUT2D eigenvalue weighted by Gasteiger charge is 2.05. The van der Waals surface area contributed by atoms with Gasteiger partial charge < -0.3 is 14.8 Å². The second-order valence-corrected chi connectivity index (χ2v) is 5.30. The lowest BCUT2D eigenvalue weighted by atomic mass is 10.1. The number of ether oxygens (including phenoxy) is 2. The summed E-state index contributed by atoms with van der Waals surface area (Å²) in [7, 11) is 1.66. The summed E-state index contributed by atoms with van der Waals surface area (Å²) >= 11 is 0. The maximum atomic E-state index is 5.89. The van der Waals surface area contributed by atoms with Crippen LogP contribution in [0.4, 0.5) is 5.69 Å². The summed E-state index contributed by atoms with van der Waals surface area (Å²) < 4.78 is 11.0. The number of benzene rings is 2. The van der Waals surface area contributed by atoms with Gasteiger partial charge >= 0.3 is 0 Å². The fraction of sp³-hybridized carbons (Fsp3) is 0.333. The van der Waals surface area contributed by atoms with Crippen molar-refractivity contribution in [3.8, 4) is 11.5 Å². The monoisotopic (exact) mass is 285 g/mol. The summed E-state index contributed by atoms with van der Waals surface area (Å²) in [5, 5.41) is 3.45. The summed E-state index contributed by atoms with van der Waals surface area (Å²) in [6.07, 6.45) is 0.0818. The summed E-state index contributed by atoms with van der Waals surface area (Å²) in [5.74, 6) is 1.69. The van der Waals surface area contributed by atoms with E-state index in [1.54, 1.807) is 7.11 Å². The van der Waals surface area contributed by atoms with Crippen LogP contribution >= 0.6 is 0 Å². The van der Waals surface area contributed by atoms with Gasteiger partial charge in [-0.1, -0.05) is 12.1 Å². The van der Waals surface area contributed by atoms with Gasteiger partial charge in [0.15, 0.2) is 0 Å². The molecule has 2 aromatic rings. The molecule has 112 valence electrons. The molecule has 0 fully saturated rings. The van der Waals surface area contributed by atoms with Crippen LogP contribution in [-0.4, -0.2) is 19.8 Å². The molecule has 3 heteroatoms. The minimum Gasteiger partial charge on any atom is -0.497 e. The average Bonchev–Trinajstić information content (AvgIpc) is 2.49. The van der Waals surface area contributed by atoms with Gasteiger partial charge in [-0.2, -0.15) is 0 Å². The second kappa shape index (κ2) is 7.02. The van der Waals surface area contributed by atoms with E-state index in [0.717, 1.165) is 18.0 Å². The highest BCUT2D eigenvalue weighted by molar-refractivity contribution is 5.52. The van der Waals surface area contributed by atoms with Gasteiger partial charge in [0.2, 0.25) is 0 Å². The Hall–Kier alpha value is -2.16. The molecule has 21 heavy (non-hydrogen) atoms. The minimum atomic E-state index is 0.0818. The molecule has 2 aromatic carbocycles. The van der Waals surface area contributed by atoms with Gasteiger partial charge in [0, 0.05) is 5.69 Å². The lowest BCUT2D eigenvalue weighted by Crippen LogP contribution is -2.23. The van der Waals surface area contributed by atoms with E-state index in [2.05, 4.69) is 44.3 Å². The van der Waals surface area contributed by atoms with E-state index in [-0.39, 0.29) is 6.10 Å². The number of nitrogens with one attached hydrogen (secondary N) is 1. The fourth-order valence-electron chi connectivity index (χ4n) is 2.11. The van der Waals surface area contributed by atoms with Crippen molar-refractivity contribution >= 4 is 5.69 Å². The molecular formula is C18H23NO2. The normalized spacial score (nSPS) is 11.8. The molecule has 0 saturated heterocycles. The molecule has 0 radical (unpaired) electrons. The number of hydrogen-bond acceptors (Lipinski definition) is 3. The van der Waals surface area contributed by atoms with Crippen LogP contribution in [0.25, 0.3) is 0 Å². The van der Waals surface area contributed by atoms with Crippen molar-refractivity contribution in [1.29, 1.82) is 0 Å². The predicted molar refractivity (Wildman–Crippen MR) is 87.5 cm³/mol. The van der Waals surface area contributed by atoms with Crippen molar-refractivity contribution in [2.24, 2.45) is 0 Å². The van der Waals surface area contributed by atoms with Gasteiger partial charge in [0.25, 0.3) is 0 Å². The zero-order chi connectivity index (χ0) is 15.2. The summed E-state index contributed by atoms with van der Waals surface area (Å²) in [6, 6.07) is 14.1. The first-order chi connectivity index (χ1) is 10.1. The Bertz CT molecular complexity index is 578. The predicted octanol–water partition coefficient (Wildman–Crippen LogP) is 4.19. The molecule has 0 unspecified atom stereocenters. The summed E-state index contributed by atoms with van der Waals surface area (Å²) in [5.41, 5.74) is 3.67. The van der Waals surface area contributed by atoms with Crippen molar-refractivity contribution < 1.29 is 9.47 Å². The quantitative estimate of drug-likeness (QED) is 0.863. The van der Waals surface area contributed by atoms with Crippen LogP contribution in [0.3, 0.4) is 0 Å². The van der Waals surface area contributed by atoms with Crippen molar-refractivity contribution in [1.82, 2.24) is 0 Å². The molecule has 0 bridgehead atoms. The zero-order valence-electron chi connectivity index (χ0n) is 13.1. The zero-order valence-corrected chi connectivity index (χ0v) is 13.1. The third-order valence-corrected chi connectivity index (χ3v) is 3.37. The van der Waals surface area contributed by atoms with Gasteiger partial charge in [-0.05, 0) is 62.2 Å². The van der Waals surface area contributed by atoms with E-state index in [1.165, 1.54) is 16.8 Å². The minimum absolute atomic E-state index is 0.0818. The summed E-state index contributed by atoms with van der Waals surface area (Å²) in [4.78, 5) is 0. The molecular weight excluding hydrogens is 262 g/mol. The highest BCUT2D eigenvalue weighted by Crippen LogP contribution is 2.19. The number of anilines is 1. The van der Waals surface area contributed by atoms with Crippen molar-refractivity contribution in [3.05, 3.63) is 53.6 Å². The van der Waals surface area contributed by atoms with Crippen LogP contribution in [0.2, 0.25) is 0 Å². The van der Waals surface area contributed by atoms with E-state index in [9.17, 15) is 0 Å². The van der Waals surface area contributed by atoms with Crippen molar-refractivity contribution in [3.63, 3.8) is 0 Å². The van der Waals surface area contributed by atoms with E-state index in [0.29, 0.717) is 0 Å². The first-order valence-electron chi connectivity index (χ1n) is 7.20. The maximum absolute atomic E-state index is 5.89. The molecule has 3 nitrogen and oxygen atoms in total. The van der Waals surface area contributed by atoms with Gasteiger partial charge in [0.05, 0.1) is 13.7 Å². The van der Waals surface area contributed by atoms with E-state index < -0.39 is 0 Å². The molecule has 2 rings (SSSR count). The first kappa shape index (κ1) is 15.2. The molecule has 0 spiro atoms. The first-order valence-corrected chi connectivity index (χ1v) is 7.20. The Morgan fingerprint density at radius 2 is 1.67 bits per heavy atom. The molecule has 0 amide bonds. The topological polar surface area (TPSA) is 30.5 Å². The van der Waals surface area contributed by atoms with E-state index >= 15 is 0 Å². The Morgan fingerprint density at radius 1 is 1.00 bits per heavy atom. The Balaban J connectivity index is 1.89. The Morgan fingerprint density at radius 3 is 2.33 bits per heavy atom. The van der Waals surface area contributed by atoms with E-state index in [4.69, 9.17) is 9.47 Å². The molecule has 0 aliphatic heterocycles. The van der Waals surface area contributed by atoms with E-state index in [1.807, 2.05) is 24.3 Å². The Kier molecular flexibility index (Phi) is 5.09. The number of methoxy groups -OCH3 is 1. The van der Waals surface area contributed by atoms with Crippen molar-refractivity contribution in [2.45, 2.75) is 26.9 Å². The fourth-order valence-corrected chi connectivity index (χ4v) is 2.11. The second-order valence-electron chi connectivity index (χ2n) is 5.30. The third kappa shape index (κ3) is 4.42. The largest absolute Gasteiger partial charge is 0.497 e. The van der Waals surface area contributed by atoms with Crippen LogP contribution in [0, 0.1) is 13.8 Å². The molecule has 0 aliphatic carbocycles. The maximum Gasteiger partial charge on any atom is 0.120 e. The van der Waals surface area contributed by atoms with Crippen LogP contribution < -0.4 is 14.8 Å². The van der Waals surface area contributed by atoms with Gasteiger partial charge in [-0.15, -0.1) is 0 Å². The van der Waals surface area contributed by atoms with Crippen LogP contribution in [0.15, 0.2) is 42.5 Å². The summed E-state index contributed by atoms with van der Waals surface area (Å²) in [6.45, 7) is 7.03. The molecule has 0 aromatic heterocycles.